The molecule has 2 aromatic carbocycles. The lowest BCUT2D eigenvalue weighted by atomic mass is 10.1. The summed E-state index contributed by atoms with van der Waals surface area (Å²) in [6.07, 6.45) is 0.0679. The molecule has 0 saturated carbocycles. The van der Waals surface area contributed by atoms with Crippen LogP contribution in [0.5, 0.6) is 0 Å². The van der Waals surface area contributed by atoms with Crippen LogP contribution in [0.3, 0.4) is 0 Å². The van der Waals surface area contributed by atoms with Gasteiger partial charge in [-0.05, 0) is 35.4 Å². The number of halogens is 3. The predicted molar refractivity (Wildman–Crippen MR) is 92.0 cm³/mol. The quantitative estimate of drug-likeness (QED) is 0.413. The molecule has 0 aliphatic rings. The fourth-order valence-electron chi connectivity index (χ4n) is 1.76. The molecule has 19 heavy (non-hydrogen) atoms. The highest BCUT2D eigenvalue weighted by atomic mass is 127. The van der Waals surface area contributed by atoms with Crippen LogP contribution in [-0.2, 0) is 11.3 Å². The Bertz CT molecular complexity index is 547. The fraction of sp³-hybridized carbons (Fsp3) is 0.200. The van der Waals surface area contributed by atoms with Crippen LogP contribution < -0.4 is 0 Å². The highest BCUT2D eigenvalue weighted by Crippen LogP contribution is 2.24. The molecule has 1 atom stereocenters. The maximum atomic E-state index is 6.02. The predicted octanol–water partition coefficient (Wildman–Crippen LogP) is 5.80. The summed E-state index contributed by atoms with van der Waals surface area (Å²) >= 11 is 11.8. The minimum atomic E-state index is 0.0679. The lowest BCUT2D eigenvalue weighted by molar-refractivity contribution is 0.0577. The first-order valence-electron chi connectivity index (χ1n) is 5.86. The molecule has 1 unspecified atom stereocenters. The molecule has 0 bridgehead atoms. The van der Waals surface area contributed by atoms with Crippen LogP contribution in [0, 0.1) is 0 Å². The average Bonchev–Trinajstić information content (AvgIpc) is 2.40. The van der Waals surface area contributed by atoms with Crippen molar-refractivity contribution in [1.82, 2.24) is 0 Å². The lowest BCUT2D eigenvalue weighted by Gasteiger charge is -2.16. The van der Waals surface area contributed by atoms with Gasteiger partial charge in [-0.15, -0.1) is 0 Å². The fourth-order valence-corrected chi connectivity index (χ4v) is 3.17. The Labute approximate surface area is 140 Å². The number of benzene rings is 2. The van der Waals surface area contributed by atoms with E-state index < -0.39 is 0 Å². The first kappa shape index (κ1) is 15.3. The molecule has 0 amide bonds. The topological polar surface area (TPSA) is 9.23 Å². The van der Waals surface area contributed by atoms with E-state index in [2.05, 4.69) is 56.7 Å². The largest absolute Gasteiger partial charge is 0.368 e. The Kier molecular flexibility index (Phi) is 6.13. The molecule has 1 nitrogen and oxygen atoms in total. The van der Waals surface area contributed by atoms with Gasteiger partial charge in [0.2, 0.25) is 0 Å². The minimum absolute atomic E-state index is 0.0679. The van der Waals surface area contributed by atoms with Crippen LogP contribution in [0.2, 0.25) is 5.02 Å². The Balaban J connectivity index is 2.04. The average molecular weight is 452 g/mol. The number of rotatable bonds is 5. The summed E-state index contributed by atoms with van der Waals surface area (Å²) < 4.78 is 7.95. The summed E-state index contributed by atoms with van der Waals surface area (Å²) in [6, 6.07) is 16.0. The molecule has 0 aliphatic heterocycles. The molecule has 0 heterocycles. The molecule has 0 saturated heterocycles. The summed E-state index contributed by atoms with van der Waals surface area (Å²) in [7, 11) is 0. The summed E-state index contributed by atoms with van der Waals surface area (Å²) in [6.45, 7) is 0.597. The highest BCUT2D eigenvalue weighted by Gasteiger charge is 2.11. The van der Waals surface area contributed by atoms with Gasteiger partial charge < -0.3 is 4.74 Å². The zero-order valence-electron chi connectivity index (χ0n) is 10.2. The van der Waals surface area contributed by atoms with E-state index in [0.717, 1.165) is 25.0 Å². The van der Waals surface area contributed by atoms with Crippen molar-refractivity contribution in [3.63, 3.8) is 0 Å². The normalized spacial score (nSPS) is 12.4. The van der Waals surface area contributed by atoms with E-state index in [0.29, 0.717) is 6.61 Å². The van der Waals surface area contributed by atoms with Gasteiger partial charge in [-0.25, -0.2) is 0 Å². The van der Waals surface area contributed by atoms with Gasteiger partial charge in [-0.1, -0.05) is 74.4 Å². The van der Waals surface area contributed by atoms with Crippen LogP contribution in [-0.4, -0.2) is 4.43 Å². The lowest BCUT2D eigenvalue weighted by Crippen LogP contribution is -2.06. The molecule has 2 aromatic rings. The maximum Gasteiger partial charge on any atom is 0.0919 e. The minimum Gasteiger partial charge on any atom is -0.368 e. The van der Waals surface area contributed by atoms with Crippen molar-refractivity contribution in [3.05, 3.63) is 69.2 Å². The monoisotopic (exact) mass is 450 g/mol. The van der Waals surface area contributed by atoms with E-state index in [1.165, 1.54) is 0 Å². The third kappa shape index (κ3) is 4.74. The van der Waals surface area contributed by atoms with Crippen molar-refractivity contribution >= 4 is 50.1 Å². The van der Waals surface area contributed by atoms with E-state index in [-0.39, 0.29) is 6.10 Å². The van der Waals surface area contributed by atoms with E-state index in [9.17, 15) is 0 Å². The van der Waals surface area contributed by atoms with Gasteiger partial charge in [0, 0.05) is 13.9 Å². The first-order chi connectivity index (χ1) is 9.19. The standard InChI is InChI=1S/C15H13BrClIO/c16-13-5-1-3-11(7-13)10-19-15(9-18)12-4-2-6-14(17)8-12/h1-8,15H,9-10H2. The van der Waals surface area contributed by atoms with Crippen LogP contribution in [0.25, 0.3) is 0 Å². The molecular weight excluding hydrogens is 438 g/mol. The molecular formula is C15H13BrClIO. The van der Waals surface area contributed by atoms with Gasteiger partial charge in [0.15, 0.2) is 0 Å². The molecule has 0 aliphatic carbocycles. The van der Waals surface area contributed by atoms with Crippen molar-refractivity contribution in [3.8, 4) is 0 Å². The van der Waals surface area contributed by atoms with Crippen LogP contribution in [0.4, 0.5) is 0 Å². The van der Waals surface area contributed by atoms with Crippen molar-refractivity contribution < 1.29 is 4.74 Å². The Morgan fingerprint density at radius 1 is 1.16 bits per heavy atom. The smallest absolute Gasteiger partial charge is 0.0919 e. The van der Waals surface area contributed by atoms with E-state index in [1.807, 2.05) is 30.3 Å². The molecule has 0 aromatic heterocycles. The van der Waals surface area contributed by atoms with Crippen molar-refractivity contribution in [2.45, 2.75) is 12.7 Å². The van der Waals surface area contributed by atoms with Crippen LogP contribution in [0.15, 0.2) is 53.0 Å². The Morgan fingerprint density at radius 2 is 1.95 bits per heavy atom. The molecule has 0 radical (unpaired) electrons. The zero-order valence-corrected chi connectivity index (χ0v) is 14.7. The Hall–Kier alpha value is -0.100. The van der Waals surface area contributed by atoms with Gasteiger partial charge in [0.1, 0.15) is 0 Å². The highest BCUT2D eigenvalue weighted by molar-refractivity contribution is 14.1. The Morgan fingerprint density at radius 3 is 2.63 bits per heavy atom. The number of alkyl halides is 1. The summed E-state index contributed by atoms with van der Waals surface area (Å²) in [5, 5.41) is 0.749. The second kappa shape index (κ2) is 7.62. The van der Waals surface area contributed by atoms with E-state index in [4.69, 9.17) is 16.3 Å². The second-order valence-corrected chi connectivity index (χ2v) is 6.37. The molecule has 4 heteroatoms. The van der Waals surface area contributed by atoms with Crippen LogP contribution >= 0.6 is 50.1 Å². The third-order valence-electron chi connectivity index (χ3n) is 2.70. The zero-order chi connectivity index (χ0) is 13.7. The summed E-state index contributed by atoms with van der Waals surface area (Å²) in [5.74, 6) is 0. The summed E-state index contributed by atoms with van der Waals surface area (Å²) in [5.41, 5.74) is 2.28. The van der Waals surface area contributed by atoms with E-state index >= 15 is 0 Å². The molecule has 0 fully saturated rings. The van der Waals surface area contributed by atoms with Crippen LogP contribution in [0.1, 0.15) is 17.2 Å². The van der Waals surface area contributed by atoms with Gasteiger partial charge in [0.05, 0.1) is 12.7 Å². The molecule has 2 rings (SSSR count). The second-order valence-electron chi connectivity index (χ2n) is 4.14. The van der Waals surface area contributed by atoms with Gasteiger partial charge in [0.25, 0.3) is 0 Å². The first-order valence-corrected chi connectivity index (χ1v) is 8.56. The molecule has 100 valence electrons. The molecule has 0 spiro atoms. The maximum absolute atomic E-state index is 6.02. The summed E-state index contributed by atoms with van der Waals surface area (Å²) in [4.78, 5) is 0. The van der Waals surface area contributed by atoms with Crippen molar-refractivity contribution in [2.24, 2.45) is 0 Å². The number of ether oxygens (including phenoxy) is 1. The molecule has 0 N–H and O–H groups in total. The number of hydrogen-bond donors (Lipinski definition) is 0. The van der Waals surface area contributed by atoms with Gasteiger partial charge in [-0.3, -0.25) is 0 Å². The van der Waals surface area contributed by atoms with Gasteiger partial charge >= 0.3 is 0 Å². The van der Waals surface area contributed by atoms with E-state index in [1.54, 1.807) is 0 Å². The number of hydrogen-bond acceptors (Lipinski definition) is 1. The van der Waals surface area contributed by atoms with Crippen molar-refractivity contribution in [1.29, 1.82) is 0 Å². The van der Waals surface area contributed by atoms with Crippen molar-refractivity contribution in [2.75, 3.05) is 4.43 Å². The SMILES string of the molecule is Clc1cccc(C(CI)OCc2cccc(Br)c2)c1. The third-order valence-corrected chi connectivity index (χ3v) is 4.23. The van der Waals surface area contributed by atoms with Gasteiger partial charge in [-0.2, -0.15) is 0 Å².